The number of aliphatic hydroxyl groups is 1. The summed E-state index contributed by atoms with van der Waals surface area (Å²) in [6.07, 6.45) is 2.68. The lowest BCUT2D eigenvalue weighted by molar-refractivity contribution is 0.00335. The first-order valence-electron chi connectivity index (χ1n) is 6.54. The largest absolute Gasteiger partial charge is 0.389 e. The minimum absolute atomic E-state index is 0.522. The molecule has 1 N–H and O–H groups in total. The average molecular weight is 235 g/mol. The van der Waals surface area contributed by atoms with Gasteiger partial charge in [-0.15, -0.1) is 0 Å². The van der Waals surface area contributed by atoms with Crippen LogP contribution < -0.4 is 0 Å². The highest BCUT2D eigenvalue weighted by Crippen LogP contribution is 2.15. The van der Waals surface area contributed by atoms with Gasteiger partial charge in [0, 0.05) is 13.1 Å². The Balaban J connectivity index is 2.37. The first-order valence-corrected chi connectivity index (χ1v) is 6.54. The van der Waals surface area contributed by atoms with Crippen molar-refractivity contribution < 1.29 is 5.11 Å². The molecule has 0 saturated heterocycles. The molecule has 0 heterocycles. The van der Waals surface area contributed by atoms with Crippen LogP contribution in [0.5, 0.6) is 0 Å². The number of rotatable bonds is 7. The molecule has 0 amide bonds. The maximum absolute atomic E-state index is 10.3. The van der Waals surface area contributed by atoms with Gasteiger partial charge in [-0.1, -0.05) is 44.2 Å². The molecule has 17 heavy (non-hydrogen) atoms. The topological polar surface area (TPSA) is 23.5 Å². The monoisotopic (exact) mass is 235 g/mol. The van der Waals surface area contributed by atoms with E-state index in [1.54, 1.807) is 0 Å². The van der Waals surface area contributed by atoms with Crippen molar-refractivity contribution >= 4 is 0 Å². The molecule has 0 unspecified atom stereocenters. The van der Waals surface area contributed by atoms with Crippen LogP contribution in [0, 0.1) is 0 Å². The van der Waals surface area contributed by atoms with Gasteiger partial charge in [-0.25, -0.2) is 0 Å². The molecule has 0 aliphatic heterocycles. The first-order chi connectivity index (χ1) is 8.09. The molecular weight excluding hydrogens is 210 g/mol. The van der Waals surface area contributed by atoms with Crippen LogP contribution in [0.3, 0.4) is 0 Å². The lowest BCUT2D eigenvalue weighted by atomic mass is 9.97. The second kappa shape index (κ2) is 6.77. The van der Waals surface area contributed by atoms with Gasteiger partial charge in [-0.2, -0.15) is 0 Å². The van der Waals surface area contributed by atoms with Gasteiger partial charge in [-0.3, -0.25) is 0 Å². The summed E-state index contributed by atoms with van der Waals surface area (Å²) in [6.45, 7) is 5.85. The maximum Gasteiger partial charge on any atom is 0.0768 e. The van der Waals surface area contributed by atoms with Gasteiger partial charge in [0.05, 0.1) is 5.60 Å². The molecule has 1 aromatic carbocycles. The molecule has 1 rings (SSSR count). The standard InChI is InChI=1S/C15H25NO/c1-4-15(17,5-2)13-16(3)12-11-14-9-7-6-8-10-14/h6-10,17H,4-5,11-13H2,1-3H3. The lowest BCUT2D eigenvalue weighted by Gasteiger charge is -2.30. The van der Waals surface area contributed by atoms with Crippen molar-refractivity contribution in [2.45, 2.75) is 38.7 Å². The Morgan fingerprint density at radius 3 is 2.24 bits per heavy atom. The zero-order valence-electron chi connectivity index (χ0n) is 11.3. The third kappa shape index (κ3) is 4.88. The van der Waals surface area contributed by atoms with Gasteiger partial charge in [0.15, 0.2) is 0 Å². The van der Waals surface area contributed by atoms with Gasteiger partial charge in [0.1, 0.15) is 0 Å². The van der Waals surface area contributed by atoms with Gasteiger partial charge < -0.3 is 10.0 Å². The number of hydrogen-bond donors (Lipinski definition) is 1. The SMILES string of the molecule is CCC(O)(CC)CN(C)CCc1ccccc1. The zero-order valence-corrected chi connectivity index (χ0v) is 11.3. The van der Waals surface area contributed by atoms with E-state index in [-0.39, 0.29) is 0 Å². The van der Waals surface area contributed by atoms with E-state index in [1.165, 1.54) is 5.56 Å². The van der Waals surface area contributed by atoms with Gasteiger partial charge in [-0.05, 0) is 31.9 Å². The lowest BCUT2D eigenvalue weighted by Crippen LogP contribution is -2.41. The summed E-state index contributed by atoms with van der Waals surface area (Å²) in [5.74, 6) is 0. The van der Waals surface area contributed by atoms with E-state index in [4.69, 9.17) is 0 Å². The van der Waals surface area contributed by atoms with E-state index in [0.29, 0.717) is 0 Å². The highest BCUT2D eigenvalue weighted by molar-refractivity contribution is 5.14. The summed E-state index contributed by atoms with van der Waals surface area (Å²) >= 11 is 0. The van der Waals surface area contributed by atoms with E-state index < -0.39 is 5.60 Å². The molecule has 1 aromatic rings. The molecule has 0 atom stereocenters. The second-order valence-corrected chi connectivity index (χ2v) is 4.90. The Labute approximate surface area is 105 Å². The van der Waals surface area contributed by atoms with Crippen molar-refractivity contribution in [3.63, 3.8) is 0 Å². The van der Waals surface area contributed by atoms with Crippen molar-refractivity contribution in [3.05, 3.63) is 35.9 Å². The Morgan fingerprint density at radius 2 is 1.71 bits per heavy atom. The van der Waals surface area contributed by atoms with Crippen molar-refractivity contribution in [1.82, 2.24) is 4.90 Å². The zero-order chi connectivity index (χ0) is 12.7. The van der Waals surface area contributed by atoms with Crippen LogP contribution in [0.25, 0.3) is 0 Å². The normalized spacial score (nSPS) is 12.1. The quantitative estimate of drug-likeness (QED) is 0.785. The van der Waals surface area contributed by atoms with Crippen LogP contribution in [-0.4, -0.2) is 35.7 Å². The number of hydrogen-bond acceptors (Lipinski definition) is 2. The third-order valence-electron chi connectivity index (χ3n) is 3.51. The molecule has 0 aliphatic rings. The fraction of sp³-hybridized carbons (Fsp3) is 0.600. The van der Waals surface area contributed by atoms with Crippen LogP contribution in [0.1, 0.15) is 32.3 Å². The van der Waals surface area contributed by atoms with Crippen LogP contribution in [0.2, 0.25) is 0 Å². The molecule has 0 spiro atoms. The fourth-order valence-electron chi connectivity index (χ4n) is 2.02. The molecular formula is C15H25NO. The fourth-order valence-corrected chi connectivity index (χ4v) is 2.02. The molecule has 0 aliphatic carbocycles. The van der Waals surface area contributed by atoms with E-state index in [9.17, 15) is 5.11 Å². The summed E-state index contributed by atoms with van der Waals surface area (Å²) < 4.78 is 0. The van der Waals surface area contributed by atoms with E-state index >= 15 is 0 Å². The van der Waals surface area contributed by atoms with Crippen molar-refractivity contribution in [2.75, 3.05) is 20.1 Å². The molecule has 0 bridgehead atoms. The highest BCUT2D eigenvalue weighted by Gasteiger charge is 2.23. The predicted octanol–water partition coefficient (Wildman–Crippen LogP) is 2.71. The van der Waals surface area contributed by atoms with Gasteiger partial charge in [0.25, 0.3) is 0 Å². The minimum Gasteiger partial charge on any atom is -0.389 e. The van der Waals surface area contributed by atoms with E-state index in [1.807, 2.05) is 6.07 Å². The van der Waals surface area contributed by atoms with Crippen molar-refractivity contribution in [2.24, 2.45) is 0 Å². The average Bonchev–Trinajstić information content (AvgIpc) is 2.37. The third-order valence-corrected chi connectivity index (χ3v) is 3.51. The molecule has 0 radical (unpaired) electrons. The minimum atomic E-state index is -0.522. The molecule has 2 heteroatoms. The predicted molar refractivity (Wildman–Crippen MR) is 73.2 cm³/mol. The summed E-state index contributed by atoms with van der Waals surface area (Å²) in [5.41, 5.74) is 0.835. The van der Waals surface area contributed by atoms with Crippen LogP contribution in [0.4, 0.5) is 0 Å². The Morgan fingerprint density at radius 1 is 1.12 bits per heavy atom. The summed E-state index contributed by atoms with van der Waals surface area (Å²) in [7, 11) is 2.08. The van der Waals surface area contributed by atoms with Gasteiger partial charge in [0.2, 0.25) is 0 Å². The highest BCUT2D eigenvalue weighted by atomic mass is 16.3. The number of likely N-dealkylation sites (N-methyl/N-ethyl adjacent to an activating group) is 1. The van der Waals surface area contributed by atoms with Gasteiger partial charge >= 0.3 is 0 Å². The molecule has 2 nitrogen and oxygen atoms in total. The smallest absolute Gasteiger partial charge is 0.0768 e. The Kier molecular flexibility index (Phi) is 5.66. The molecule has 0 fully saturated rings. The summed E-state index contributed by atoms with van der Waals surface area (Å²) in [5, 5.41) is 10.3. The Hall–Kier alpha value is -0.860. The van der Waals surface area contributed by atoms with Crippen molar-refractivity contribution in [1.29, 1.82) is 0 Å². The molecule has 96 valence electrons. The van der Waals surface area contributed by atoms with Crippen molar-refractivity contribution in [3.8, 4) is 0 Å². The summed E-state index contributed by atoms with van der Waals surface area (Å²) in [6, 6.07) is 10.5. The molecule has 0 saturated carbocycles. The molecule has 0 aromatic heterocycles. The van der Waals surface area contributed by atoms with Crippen LogP contribution in [-0.2, 0) is 6.42 Å². The number of benzene rings is 1. The first kappa shape index (κ1) is 14.2. The van der Waals surface area contributed by atoms with E-state index in [0.717, 1.165) is 32.4 Å². The second-order valence-electron chi connectivity index (χ2n) is 4.90. The van der Waals surface area contributed by atoms with Crippen LogP contribution >= 0.6 is 0 Å². The number of nitrogens with zero attached hydrogens (tertiary/aromatic N) is 1. The maximum atomic E-state index is 10.3. The van der Waals surface area contributed by atoms with E-state index in [2.05, 4.69) is 50.1 Å². The Bertz CT molecular complexity index is 306. The van der Waals surface area contributed by atoms with Crippen LogP contribution in [0.15, 0.2) is 30.3 Å². The summed E-state index contributed by atoms with van der Waals surface area (Å²) in [4.78, 5) is 2.22.